The summed E-state index contributed by atoms with van der Waals surface area (Å²) in [5.74, 6) is 2.18. The number of aromatic nitrogens is 2. The van der Waals surface area contributed by atoms with E-state index in [2.05, 4.69) is 48.1 Å². The second kappa shape index (κ2) is 6.71. The van der Waals surface area contributed by atoms with E-state index in [1.165, 1.54) is 0 Å². The molecule has 0 radical (unpaired) electrons. The Kier molecular flexibility index (Phi) is 5.17. The maximum atomic E-state index is 5.52. The van der Waals surface area contributed by atoms with Crippen molar-refractivity contribution >= 4 is 5.82 Å². The average Bonchev–Trinajstić information content (AvgIpc) is 2.45. The van der Waals surface area contributed by atoms with E-state index in [4.69, 9.17) is 4.74 Å². The molecule has 0 amide bonds. The largest absolute Gasteiger partial charge is 0.381 e. The minimum atomic E-state index is 0.148. The molecule has 0 spiro atoms. The quantitative estimate of drug-likeness (QED) is 0.903. The lowest BCUT2D eigenvalue weighted by Gasteiger charge is -2.43. The highest BCUT2D eigenvalue weighted by molar-refractivity contribution is 5.37. The molecule has 21 heavy (non-hydrogen) atoms. The monoisotopic (exact) mass is 292 g/mol. The number of likely N-dealkylation sites (N-methyl/N-ethyl adjacent to an activating group) is 1. The predicted molar refractivity (Wildman–Crippen MR) is 85.8 cm³/mol. The standard InChI is InChI=1S/C16H28N4O/c1-12(2)15-18-13(3)10-14(19-15)17-11-16(20(4)5)6-8-21-9-7-16/h10,12H,6-9,11H2,1-5H3,(H,17,18,19). The van der Waals surface area contributed by atoms with Crippen molar-refractivity contribution in [3.8, 4) is 0 Å². The number of hydrogen-bond acceptors (Lipinski definition) is 5. The zero-order chi connectivity index (χ0) is 15.5. The zero-order valence-corrected chi connectivity index (χ0v) is 13.9. The van der Waals surface area contributed by atoms with Crippen LogP contribution in [0.3, 0.4) is 0 Å². The van der Waals surface area contributed by atoms with Gasteiger partial charge >= 0.3 is 0 Å². The molecule has 0 atom stereocenters. The van der Waals surface area contributed by atoms with Crippen molar-refractivity contribution in [3.63, 3.8) is 0 Å². The van der Waals surface area contributed by atoms with E-state index >= 15 is 0 Å². The van der Waals surface area contributed by atoms with Crippen molar-refractivity contribution in [1.29, 1.82) is 0 Å². The molecule has 2 heterocycles. The van der Waals surface area contributed by atoms with Crippen molar-refractivity contribution in [2.45, 2.75) is 45.1 Å². The lowest BCUT2D eigenvalue weighted by Crippen LogP contribution is -2.53. The van der Waals surface area contributed by atoms with Gasteiger partial charge in [0.2, 0.25) is 0 Å². The summed E-state index contributed by atoms with van der Waals surface area (Å²) in [5, 5.41) is 3.52. The highest BCUT2D eigenvalue weighted by atomic mass is 16.5. The lowest BCUT2D eigenvalue weighted by molar-refractivity contribution is -0.000668. The average molecular weight is 292 g/mol. The molecular weight excluding hydrogens is 264 g/mol. The molecule has 0 saturated carbocycles. The Morgan fingerprint density at radius 3 is 2.52 bits per heavy atom. The van der Waals surface area contributed by atoms with Gasteiger partial charge < -0.3 is 15.0 Å². The summed E-state index contributed by atoms with van der Waals surface area (Å²) in [6.45, 7) is 8.82. The van der Waals surface area contributed by atoms with Gasteiger partial charge in [-0.1, -0.05) is 13.8 Å². The van der Waals surface area contributed by atoms with Crippen LogP contribution in [-0.2, 0) is 4.74 Å². The van der Waals surface area contributed by atoms with Crippen molar-refractivity contribution in [2.24, 2.45) is 0 Å². The van der Waals surface area contributed by atoms with Crippen LogP contribution in [-0.4, -0.2) is 54.3 Å². The second-order valence-electron chi connectivity index (χ2n) is 6.49. The summed E-state index contributed by atoms with van der Waals surface area (Å²) in [4.78, 5) is 11.5. The van der Waals surface area contributed by atoms with Gasteiger partial charge in [-0.3, -0.25) is 0 Å². The highest BCUT2D eigenvalue weighted by Crippen LogP contribution is 2.26. The first-order valence-corrected chi connectivity index (χ1v) is 7.77. The molecule has 1 aliphatic heterocycles. The fourth-order valence-electron chi connectivity index (χ4n) is 2.73. The van der Waals surface area contributed by atoms with Gasteiger partial charge in [0.05, 0.1) is 0 Å². The summed E-state index contributed by atoms with van der Waals surface area (Å²) >= 11 is 0. The van der Waals surface area contributed by atoms with Crippen LogP contribution >= 0.6 is 0 Å². The minimum absolute atomic E-state index is 0.148. The molecule has 5 heteroatoms. The van der Waals surface area contributed by atoms with Gasteiger partial charge in [-0.25, -0.2) is 9.97 Å². The molecule has 5 nitrogen and oxygen atoms in total. The number of anilines is 1. The van der Waals surface area contributed by atoms with Crippen LogP contribution in [0.5, 0.6) is 0 Å². The molecule has 1 N–H and O–H groups in total. The predicted octanol–water partition coefficient (Wildman–Crippen LogP) is 2.43. The summed E-state index contributed by atoms with van der Waals surface area (Å²) in [6.07, 6.45) is 2.10. The Bertz CT molecular complexity index is 467. The van der Waals surface area contributed by atoms with Gasteiger partial charge in [-0.2, -0.15) is 0 Å². The van der Waals surface area contributed by atoms with Crippen molar-refractivity contribution in [3.05, 3.63) is 17.6 Å². The van der Waals surface area contributed by atoms with Crippen LogP contribution in [0.15, 0.2) is 6.07 Å². The number of rotatable bonds is 5. The SMILES string of the molecule is Cc1cc(NCC2(N(C)C)CCOCC2)nc(C(C)C)n1. The van der Waals surface area contributed by atoms with E-state index in [9.17, 15) is 0 Å². The molecular formula is C16H28N4O. The number of nitrogens with one attached hydrogen (secondary N) is 1. The van der Waals surface area contributed by atoms with E-state index in [0.29, 0.717) is 5.92 Å². The molecule has 0 aromatic carbocycles. The van der Waals surface area contributed by atoms with Crippen LogP contribution in [0, 0.1) is 6.92 Å². The Hall–Kier alpha value is -1.20. The van der Waals surface area contributed by atoms with Crippen LogP contribution < -0.4 is 5.32 Å². The van der Waals surface area contributed by atoms with E-state index < -0.39 is 0 Å². The molecule has 118 valence electrons. The molecule has 0 bridgehead atoms. The van der Waals surface area contributed by atoms with Crippen LogP contribution in [0.1, 0.15) is 44.1 Å². The number of hydrogen-bond donors (Lipinski definition) is 1. The normalized spacial score (nSPS) is 18.2. The van der Waals surface area contributed by atoms with Gasteiger partial charge in [0.1, 0.15) is 11.6 Å². The van der Waals surface area contributed by atoms with E-state index in [1.807, 2.05) is 13.0 Å². The maximum absolute atomic E-state index is 5.52. The molecule has 1 fully saturated rings. The zero-order valence-electron chi connectivity index (χ0n) is 13.9. The van der Waals surface area contributed by atoms with Gasteiger partial charge in [0, 0.05) is 43.0 Å². The van der Waals surface area contributed by atoms with Crippen molar-refractivity contribution in [1.82, 2.24) is 14.9 Å². The third-order valence-electron chi connectivity index (χ3n) is 4.36. The Morgan fingerprint density at radius 2 is 1.95 bits per heavy atom. The molecule has 1 aromatic rings. The van der Waals surface area contributed by atoms with Crippen molar-refractivity contribution in [2.75, 3.05) is 39.2 Å². The van der Waals surface area contributed by atoms with Gasteiger partial charge in [0.15, 0.2) is 0 Å². The third-order valence-corrected chi connectivity index (χ3v) is 4.36. The highest BCUT2D eigenvalue weighted by Gasteiger charge is 2.34. The van der Waals surface area contributed by atoms with E-state index in [-0.39, 0.29) is 5.54 Å². The molecule has 0 aliphatic carbocycles. The summed E-state index contributed by atoms with van der Waals surface area (Å²) < 4.78 is 5.52. The molecule has 1 aromatic heterocycles. The smallest absolute Gasteiger partial charge is 0.133 e. The van der Waals surface area contributed by atoms with Gasteiger partial charge in [-0.15, -0.1) is 0 Å². The van der Waals surface area contributed by atoms with Crippen LogP contribution in [0.4, 0.5) is 5.82 Å². The molecule has 0 unspecified atom stereocenters. The van der Waals surface area contributed by atoms with Crippen molar-refractivity contribution < 1.29 is 4.74 Å². The van der Waals surface area contributed by atoms with Crippen LogP contribution in [0.25, 0.3) is 0 Å². The lowest BCUT2D eigenvalue weighted by atomic mass is 9.88. The summed E-state index contributed by atoms with van der Waals surface area (Å²) in [6, 6.07) is 2.02. The number of aryl methyl sites for hydroxylation is 1. The Labute approximate surface area is 128 Å². The first kappa shape index (κ1) is 16.2. The first-order chi connectivity index (χ1) is 9.93. The first-order valence-electron chi connectivity index (χ1n) is 7.77. The fraction of sp³-hybridized carbons (Fsp3) is 0.750. The van der Waals surface area contributed by atoms with Crippen LogP contribution in [0.2, 0.25) is 0 Å². The summed E-state index contributed by atoms with van der Waals surface area (Å²) in [7, 11) is 4.30. The Morgan fingerprint density at radius 1 is 1.29 bits per heavy atom. The third kappa shape index (κ3) is 3.92. The molecule has 1 aliphatic rings. The summed E-state index contributed by atoms with van der Waals surface area (Å²) in [5.41, 5.74) is 1.16. The Balaban J connectivity index is 2.10. The van der Waals surface area contributed by atoms with E-state index in [0.717, 1.165) is 49.9 Å². The molecule has 2 rings (SSSR count). The topological polar surface area (TPSA) is 50.3 Å². The maximum Gasteiger partial charge on any atom is 0.133 e. The fourth-order valence-corrected chi connectivity index (χ4v) is 2.73. The van der Waals surface area contributed by atoms with Gasteiger partial charge in [0.25, 0.3) is 0 Å². The second-order valence-corrected chi connectivity index (χ2v) is 6.49. The van der Waals surface area contributed by atoms with Gasteiger partial charge in [-0.05, 0) is 33.9 Å². The number of nitrogens with zero attached hydrogens (tertiary/aromatic N) is 3. The number of ether oxygens (including phenoxy) is 1. The van der Waals surface area contributed by atoms with E-state index in [1.54, 1.807) is 0 Å². The molecule has 1 saturated heterocycles. The minimum Gasteiger partial charge on any atom is -0.381 e.